The Labute approximate surface area is 175 Å². The predicted molar refractivity (Wildman–Crippen MR) is 125 cm³/mol. The Kier molecular flexibility index (Phi) is 13.0. The highest BCUT2D eigenvalue weighted by molar-refractivity contribution is 6.70. The molecule has 0 atom stereocenters. The van der Waals surface area contributed by atoms with Crippen LogP contribution in [0.25, 0.3) is 0 Å². The molecule has 0 aliphatic rings. The van der Waals surface area contributed by atoms with Gasteiger partial charge in [0.25, 0.3) is 0 Å². The molecule has 0 spiro atoms. The van der Waals surface area contributed by atoms with Gasteiger partial charge in [0.05, 0.1) is 0 Å². The first-order valence-corrected chi connectivity index (χ1v) is 15.3. The summed E-state index contributed by atoms with van der Waals surface area (Å²) in [5, 5.41) is 0. The third kappa shape index (κ3) is 11.6. The van der Waals surface area contributed by atoms with E-state index in [1.807, 2.05) is 19.9 Å². The van der Waals surface area contributed by atoms with Crippen molar-refractivity contribution >= 4 is 17.6 Å². The maximum absolute atomic E-state index is 5.77. The second kappa shape index (κ2) is 14.7. The molecule has 0 saturated carbocycles. The molecule has 0 aliphatic heterocycles. The lowest BCUT2D eigenvalue weighted by molar-refractivity contribution is 0.213. The van der Waals surface area contributed by atoms with Crippen molar-refractivity contribution < 1.29 is 13.3 Å². The van der Waals surface area contributed by atoms with Crippen LogP contribution in [0, 0.1) is 0 Å². The molecule has 2 aromatic carbocycles. The highest BCUT2D eigenvalue weighted by atomic mass is 28.4. The molecule has 0 aliphatic carbocycles. The monoisotopic (exact) mass is 418 g/mol. The lowest BCUT2D eigenvalue weighted by atomic mass is 10.2. The van der Waals surface area contributed by atoms with Crippen LogP contribution >= 0.6 is 0 Å². The number of benzene rings is 2. The van der Waals surface area contributed by atoms with Gasteiger partial charge in [-0.3, -0.25) is 0 Å². The molecule has 3 nitrogen and oxygen atoms in total. The number of rotatable bonds is 11. The summed E-state index contributed by atoms with van der Waals surface area (Å²) in [4.78, 5) is 0. The van der Waals surface area contributed by atoms with E-state index in [0.29, 0.717) is 0 Å². The van der Waals surface area contributed by atoms with Gasteiger partial charge in [-0.05, 0) is 63.5 Å². The second-order valence-electron chi connectivity index (χ2n) is 7.22. The van der Waals surface area contributed by atoms with Gasteiger partial charge in [0.1, 0.15) is 0 Å². The molecule has 0 radical (unpaired) electrons. The van der Waals surface area contributed by atoms with E-state index in [9.17, 15) is 0 Å². The number of hydrogen-bond acceptors (Lipinski definition) is 3. The molecule has 0 unspecified atom stereocenters. The molecule has 0 amide bonds. The highest BCUT2D eigenvalue weighted by Crippen LogP contribution is 2.12. The fraction of sp³-hybridized carbons (Fsp3) is 0.478. The molecule has 2 aromatic rings. The molecule has 0 saturated heterocycles. The minimum absolute atomic E-state index is 0.770. The quantitative estimate of drug-likeness (QED) is 0.449. The third-order valence-electron chi connectivity index (χ3n) is 4.22. The Morgan fingerprint density at radius 3 is 1.68 bits per heavy atom. The molecule has 28 heavy (non-hydrogen) atoms. The highest BCUT2D eigenvalue weighted by Gasteiger charge is 2.21. The van der Waals surface area contributed by atoms with Crippen LogP contribution in [0.2, 0.25) is 19.1 Å². The van der Waals surface area contributed by atoms with Crippen molar-refractivity contribution in [1.29, 1.82) is 0 Å². The van der Waals surface area contributed by atoms with Crippen LogP contribution in [0.5, 0.6) is 0 Å². The summed E-state index contributed by atoms with van der Waals surface area (Å²) in [6, 6.07) is 23.3. The van der Waals surface area contributed by atoms with Crippen LogP contribution < -0.4 is 0 Å². The summed E-state index contributed by atoms with van der Waals surface area (Å²) < 4.78 is 17.0. The molecular weight excluding hydrogens is 380 g/mol. The first-order chi connectivity index (χ1) is 13.5. The maximum Gasteiger partial charge on any atom is 0.321 e. The Morgan fingerprint density at radius 1 is 0.714 bits per heavy atom. The second-order valence-corrected chi connectivity index (χ2v) is 13.5. The SMILES string of the molecule is CCO[SiH](CCc1ccccc1)OCC.CCO[Si](C)(C)Cc1ccccc1. The van der Waals surface area contributed by atoms with E-state index in [-0.39, 0.29) is 0 Å². The molecule has 5 heteroatoms. The molecule has 0 heterocycles. The van der Waals surface area contributed by atoms with Crippen molar-refractivity contribution in [2.75, 3.05) is 19.8 Å². The van der Waals surface area contributed by atoms with Crippen LogP contribution in [0.15, 0.2) is 60.7 Å². The van der Waals surface area contributed by atoms with Crippen LogP contribution in [0.4, 0.5) is 0 Å². The van der Waals surface area contributed by atoms with Crippen LogP contribution in [-0.2, 0) is 25.7 Å². The minimum atomic E-state index is -1.44. The van der Waals surface area contributed by atoms with E-state index in [4.69, 9.17) is 13.3 Å². The Hall–Kier alpha value is -1.25. The fourth-order valence-electron chi connectivity index (χ4n) is 3.04. The Morgan fingerprint density at radius 2 is 1.21 bits per heavy atom. The summed E-state index contributed by atoms with van der Waals surface area (Å²) in [6.07, 6.45) is 1.07. The van der Waals surface area contributed by atoms with Crippen molar-refractivity contribution in [2.24, 2.45) is 0 Å². The van der Waals surface area contributed by atoms with Gasteiger partial charge < -0.3 is 13.3 Å². The Bertz CT molecular complexity index is 600. The van der Waals surface area contributed by atoms with Gasteiger partial charge in [-0.2, -0.15) is 0 Å². The summed E-state index contributed by atoms with van der Waals surface area (Å²) in [5.41, 5.74) is 2.77. The molecule has 0 fully saturated rings. The van der Waals surface area contributed by atoms with Gasteiger partial charge in [-0.25, -0.2) is 0 Å². The van der Waals surface area contributed by atoms with Crippen LogP contribution in [0.1, 0.15) is 31.9 Å². The van der Waals surface area contributed by atoms with E-state index in [1.165, 1.54) is 11.1 Å². The standard InChI is InChI=1S/C12H20O2Si.C11H18OSi/c1-3-13-15(14-4-2)11-10-12-8-6-5-7-9-12;1-4-12-13(2,3)10-11-8-6-5-7-9-11/h5-9,15H,3-4,10-11H2,1-2H3;5-9H,4,10H2,1-3H3. The van der Waals surface area contributed by atoms with Gasteiger partial charge in [-0.15, -0.1) is 0 Å². The molecule has 0 N–H and O–H groups in total. The van der Waals surface area contributed by atoms with E-state index in [1.54, 1.807) is 0 Å². The topological polar surface area (TPSA) is 27.7 Å². The summed E-state index contributed by atoms with van der Waals surface area (Å²) in [5.74, 6) is 0. The average Bonchev–Trinajstić information content (AvgIpc) is 2.68. The van der Waals surface area contributed by atoms with Crippen molar-refractivity contribution in [3.63, 3.8) is 0 Å². The van der Waals surface area contributed by atoms with Gasteiger partial charge >= 0.3 is 9.28 Å². The Balaban J connectivity index is 0.000000283. The van der Waals surface area contributed by atoms with E-state index >= 15 is 0 Å². The van der Waals surface area contributed by atoms with Gasteiger partial charge in [0.15, 0.2) is 8.32 Å². The first-order valence-electron chi connectivity index (χ1n) is 10.5. The zero-order valence-electron chi connectivity index (χ0n) is 18.3. The summed E-state index contributed by atoms with van der Waals surface area (Å²) >= 11 is 0. The zero-order chi connectivity index (χ0) is 20.7. The number of hydrogen-bond donors (Lipinski definition) is 0. The van der Waals surface area contributed by atoms with Gasteiger partial charge in [0.2, 0.25) is 0 Å². The fourth-order valence-corrected chi connectivity index (χ4v) is 6.89. The normalized spacial score (nSPS) is 11.2. The summed E-state index contributed by atoms with van der Waals surface area (Å²) in [7, 11) is -2.85. The summed E-state index contributed by atoms with van der Waals surface area (Å²) in [6.45, 7) is 13.0. The molecule has 0 bridgehead atoms. The molecular formula is C23H38O3Si2. The largest absolute Gasteiger partial charge is 0.417 e. The van der Waals surface area contributed by atoms with Crippen LogP contribution in [0.3, 0.4) is 0 Å². The lowest BCUT2D eigenvalue weighted by Gasteiger charge is -2.21. The van der Waals surface area contributed by atoms with E-state index < -0.39 is 17.6 Å². The zero-order valence-corrected chi connectivity index (χ0v) is 20.5. The van der Waals surface area contributed by atoms with Gasteiger partial charge in [-0.1, -0.05) is 60.7 Å². The maximum atomic E-state index is 5.77. The molecule has 0 aromatic heterocycles. The molecule has 156 valence electrons. The minimum Gasteiger partial charge on any atom is -0.417 e. The van der Waals surface area contributed by atoms with Crippen molar-refractivity contribution in [2.45, 2.75) is 52.4 Å². The number of aryl methyl sites for hydroxylation is 1. The predicted octanol–water partition coefficient (Wildman–Crippen LogP) is 5.53. The van der Waals surface area contributed by atoms with E-state index in [2.05, 4.69) is 74.6 Å². The van der Waals surface area contributed by atoms with E-state index in [0.717, 1.165) is 38.3 Å². The van der Waals surface area contributed by atoms with Crippen molar-refractivity contribution in [1.82, 2.24) is 0 Å². The smallest absolute Gasteiger partial charge is 0.321 e. The lowest BCUT2D eigenvalue weighted by Crippen LogP contribution is -2.33. The van der Waals surface area contributed by atoms with Crippen LogP contribution in [-0.4, -0.2) is 37.4 Å². The third-order valence-corrected chi connectivity index (χ3v) is 8.72. The van der Waals surface area contributed by atoms with Crippen molar-refractivity contribution in [3.05, 3.63) is 71.8 Å². The molecule has 2 rings (SSSR count). The van der Waals surface area contributed by atoms with Gasteiger partial charge in [0, 0.05) is 19.8 Å². The average molecular weight is 419 g/mol. The van der Waals surface area contributed by atoms with Crippen molar-refractivity contribution in [3.8, 4) is 0 Å². The first kappa shape index (κ1) is 24.8.